The molecule has 0 radical (unpaired) electrons. The maximum absolute atomic E-state index is 13.4. The van der Waals surface area contributed by atoms with Gasteiger partial charge in [0, 0.05) is 27.2 Å². The molecule has 3 heterocycles. The van der Waals surface area contributed by atoms with Gasteiger partial charge in [0.05, 0.1) is 35.5 Å². The number of ether oxygens (including phenoxy) is 1. The average Bonchev–Trinajstić information content (AvgIpc) is 3.32. The van der Waals surface area contributed by atoms with E-state index < -0.39 is 29.7 Å². The van der Waals surface area contributed by atoms with Crippen molar-refractivity contribution in [2.75, 3.05) is 33.0 Å². The number of rotatable bonds is 6. The van der Waals surface area contributed by atoms with E-state index in [0.29, 0.717) is 6.54 Å². The van der Waals surface area contributed by atoms with Crippen LogP contribution in [0.25, 0.3) is 0 Å². The highest BCUT2D eigenvalue weighted by molar-refractivity contribution is 8.00. The Morgan fingerprint density at radius 1 is 1.25 bits per heavy atom. The molecule has 5 atom stereocenters. The van der Waals surface area contributed by atoms with Crippen molar-refractivity contribution in [3.63, 3.8) is 0 Å². The lowest BCUT2D eigenvalue weighted by Gasteiger charge is -2.50. The molecule has 3 saturated heterocycles. The Hall–Kier alpha value is -2.21. The van der Waals surface area contributed by atoms with Gasteiger partial charge >= 0.3 is 6.03 Å². The Labute approximate surface area is 190 Å². The zero-order valence-corrected chi connectivity index (χ0v) is 18.9. The number of nitrogens with zero attached hydrogens (tertiary/aromatic N) is 2. The second-order valence-corrected chi connectivity index (χ2v) is 9.38. The summed E-state index contributed by atoms with van der Waals surface area (Å²) in [5.41, 5.74) is 0.769. The van der Waals surface area contributed by atoms with Gasteiger partial charge in [-0.25, -0.2) is 9.18 Å². The summed E-state index contributed by atoms with van der Waals surface area (Å²) in [5, 5.41) is 9.12. The molecule has 5 unspecified atom stereocenters. The highest BCUT2D eigenvalue weighted by atomic mass is 32.2. The predicted octanol–water partition coefficient (Wildman–Crippen LogP) is 0.838. The van der Waals surface area contributed by atoms with Crippen molar-refractivity contribution in [2.45, 2.75) is 36.7 Å². The van der Waals surface area contributed by atoms with Gasteiger partial charge in [0.2, 0.25) is 11.8 Å². The molecule has 0 aliphatic carbocycles. The molecule has 4 rings (SSSR count). The summed E-state index contributed by atoms with van der Waals surface area (Å²) >= 11 is 1.32. The fourth-order valence-electron chi connectivity index (χ4n) is 4.30. The van der Waals surface area contributed by atoms with Crippen molar-refractivity contribution in [1.82, 2.24) is 25.8 Å². The van der Waals surface area contributed by atoms with Crippen molar-refractivity contribution in [3.8, 4) is 0 Å². The first-order valence-electron chi connectivity index (χ1n) is 10.7. The minimum Gasteiger partial charge on any atom is -0.376 e. The van der Waals surface area contributed by atoms with Crippen LogP contribution in [0.1, 0.15) is 24.6 Å². The molecule has 3 fully saturated rings. The third-order valence-corrected chi connectivity index (χ3v) is 7.32. The van der Waals surface area contributed by atoms with Gasteiger partial charge in [-0.05, 0) is 30.5 Å². The molecule has 0 spiro atoms. The first-order valence-corrected chi connectivity index (χ1v) is 11.7. The molecular formula is C21H28FN5O4S. The zero-order chi connectivity index (χ0) is 22.8. The molecule has 0 bridgehead atoms. The molecule has 0 aromatic heterocycles. The van der Waals surface area contributed by atoms with Crippen LogP contribution in [0.4, 0.5) is 9.18 Å². The minimum absolute atomic E-state index is 0.0569. The molecule has 32 heavy (non-hydrogen) atoms. The second-order valence-electron chi connectivity index (χ2n) is 8.25. The number of halogens is 1. The van der Waals surface area contributed by atoms with Gasteiger partial charge in [0.25, 0.3) is 0 Å². The summed E-state index contributed by atoms with van der Waals surface area (Å²) < 4.78 is 18.9. The van der Waals surface area contributed by atoms with Gasteiger partial charge < -0.3 is 15.0 Å². The number of hydrogen-bond donors (Lipinski definition) is 3. The van der Waals surface area contributed by atoms with Crippen molar-refractivity contribution in [1.29, 1.82) is 0 Å². The number of nitrogens with one attached hydrogen (secondary N) is 3. The van der Waals surface area contributed by atoms with Crippen molar-refractivity contribution >= 4 is 29.6 Å². The fourth-order valence-corrected chi connectivity index (χ4v) is 5.43. The number of fused-ring (bicyclic) bond motifs is 1. The Kier molecular flexibility index (Phi) is 6.99. The van der Waals surface area contributed by atoms with E-state index in [1.165, 1.54) is 35.8 Å². The van der Waals surface area contributed by atoms with Crippen LogP contribution in [-0.2, 0) is 14.3 Å². The van der Waals surface area contributed by atoms with Crippen molar-refractivity contribution < 1.29 is 23.5 Å². The van der Waals surface area contributed by atoms with Crippen LogP contribution in [0.5, 0.6) is 0 Å². The quantitative estimate of drug-likeness (QED) is 0.572. The van der Waals surface area contributed by atoms with E-state index in [1.54, 1.807) is 19.2 Å². The first-order chi connectivity index (χ1) is 15.3. The second kappa shape index (κ2) is 9.74. The molecule has 3 aliphatic rings. The third kappa shape index (κ3) is 4.75. The summed E-state index contributed by atoms with van der Waals surface area (Å²) in [6, 6.07) is 5.62. The molecule has 1 aromatic rings. The average molecular weight is 466 g/mol. The minimum atomic E-state index is -0.588. The maximum atomic E-state index is 13.4. The lowest BCUT2D eigenvalue weighted by molar-refractivity contribution is -0.140. The summed E-state index contributed by atoms with van der Waals surface area (Å²) in [5.74, 6) is -1.23. The SMILES string of the molecule is CN1C(=O)C2C(SCC(=O)NCC3CCCO3)NC(c3ccc(F)cc3)NC2N(C)C1=O. The summed E-state index contributed by atoms with van der Waals surface area (Å²) in [6.45, 7) is 1.20. The zero-order valence-electron chi connectivity index (χ0n) is 18.0. The van der Waals surface area contributed by atoms with E-state index in [-0.39, 0.29) is 29.5 Å². The number of hydrogen-bond acceptors (Lipinski definition) is 7. The van der Waals surface area contributed by atoms with Gasteiger partial charge in [-0.1, -0.05) is 12.1 Å². The molecule has 4 amide bonds. The van der Waals surface area contributed by atoms with Crippen LogP contribution < -0.4 is 16.0 Å². The van der Waals surface area contributed by atoms with E-state index >= 15 is 0 Å². The van der Waals surface area contributed by atoms with Crippen molar-refractivity contribution in [2.24, 2.45) is 5.92 Å². The van der Waals surface area contributed by atoms with Crippen LogP contribution in [0.2, 0.25) is 0 Å². The molecule has 3 aliphatic heterocycles. The molecule has 1 aromatic carbocycles. The Morgan fingerprint density at radius 3 is 2.69 bits per heavy atom. The van der Waals surface area contributed by atoms with E-state index in [1.807, 2.05) is 0 Å². The normalized spacial score (nSPS) is 30.4. The van der Waals surface area contributed by atoms with E-state index in [9.17, 15) is 18.8 Å². The summed E-state index contributed by atoms with van der Waals surface area (Å²) in [6.07, 6.45) is 1.02. The van der Waals surface area contributed by atoms with E-state index in [2.05, 4.69) is 16.0 Å². The number of benzene rings is 1. The van der Waals surface area contributed by atoms with Gasteiger partial charge in [-0.15, -0.1) is 11.8 Å². The van der Waals surface area contributed by atoms with Crippen LogP contribution >= 0.6 is 11.8 Å². The van der Waals surface area contributed by atoms with Crippen molar-refractivity contribution in [3.05, 3.63) is 35.6 Å². The van der Waals surface area contributed by atoms with Gasteiger partial charge in [0.15, 0.2) is 0 Å². The Balaban J connectivity index is 1.47. The largest absolute Gasteiger partial charge is 0.376 e. The monoisotopic (exact) mass is 465 g/mol. The predicted molar refractivity (Wildman–Crippen MR) is 117 cm³/mol. The summed E-state index contributed by atoms with van der Waals surface area (Å²) in [4.78, 5) is 40.5. The maximum Gasteiger partial charge on any atom is 0.327 e. The number of carbonyl (C=O) groups is 3. The van der Waals surface area contributed by atoms with Crippen LogP contribution in [0, 0.1) is 11.7 Å². The number of carbonyl (C=O) groups excluding carboxylic acids is 3. The summed E-state index contributed by atoms with van der Waals surface area (Å²) in [7, 11) is 3.10. The standard InChI is InChI=1S/C21H28FN5O4S/c1-26-18-16(20(29)27(2)21(26)30)19(25-17(24-18)12-5-7-13(22)8-6-12)32-11-15(28)23-10-14-4-3-9-31-14/h5-8,14,16-19,24-25H,3-4,9-11H2,1-2H3,(H,23,28). The lowest BCUT2D eigenvalue weighted by Crippen LogP contribution is -2.72. The first kappa shape index (κ1) is 23.0. The topological polar surface area (TPSA) is 103 Å². The van der Waals surface area contributed by atoms with Gasteiger partial charge in [-0.2, -0.15) is 0 Å². The number of urea groups is 1. The highest BCUT2D eigenvalue weighted by Gasteiger charge is 2.51. The Bertz CT molecular complexity index is 866. The highest BCUT2D eigenvalue weighted by Crippen LogP contribution is 2.34. The van der Waals surface area contributed by atoms with Gasteiger partial charge in [-0.3, -0.25) is 25.1 Å². The number of thioether (sulfide) groups is 1. The van der Waals surface area contributed by atoms with E-state index in [0.717, 1.165) is 29.9 Å². The molecular weight excluding hydrogens is 437 g/mol. The molecule has 9 nitrogen and oxygen atoms in total. The molecule has 174 valence electrons. The van der Waals surface area contributed by atoms with Gasteiger partial charge in [0.1, 0.15) is 5.82 Å². The Morgan fingerprint density at radius 2 is 2.00 bits per heavy atom. The number of imide groups is 1. The lowest BCUT2D eigenvalue weighted by atomic mass is 9.96. The van der Waals surface area contributed by atoms with Crippen LogP contribution in [-0.4, -0.2) is 78.3 Å². The third-order valence-electron chi connectivity index (χ3n) is 6.10. The van der Waals surface area contributed by atoms with Crippen LogP contribution in [0.3, 0.4) is 0 Å². The number of amides is 4. The van der Waals surface area contributed by atoms with E-state index in [4.69, 9.17) is 4.74 Å². The molecule has 0 saturated carbocycles. The van der Waals surface area contributed by atoms with Crippen LogP contribution in [0.15, 0.2) is 24.3 Å². The fraction of sp³-hybridized carbons (Fsp3) is 0.571. The molecule has 3 N–H and O–H groups in total. The molecule has 11 heteroatoms. The smallest absolute Gasteiger partial charge is 0.327 e.